The first-order chi connectivity index (χ1) is 9.09. The van der Waals surface area contributed by atoms with Crippen LogP contribution in [0.3, 0.4) is 0 Å². The topological polar surface area (TPSA) is 40.6 Å². The molecule has 112 valence electrons. The minimum Gasteiger partial charge on any atom is -0.195 e. The van der Waals surface area contributed by atoms with Crippen molar-refractivity contribution in [1.29, 1.82) is 0 Å². The third-order valence-electron chi connectivity index (χ3n) is 4.46. The Kier molecular flexibility index (Phi) is 5.52. The fraction of sp³-hybridized carbons (Fsp3) is 1.00. The molecule has 0 bridgehead atoms. The Bertz CT molecular complexity index is 374. The lowest BCUT2D eigenvalue weighted by molar-refractivity contribution is 0.249. The summed E-state index contributed by atoms with van der Waals surface area (Å²) in [4.78, 5) is 0. The molecule has 6 heteroatoms. The van der Waals surface area contributed by atoms with E-state index >= 15 is 0 Å². The second-order valence-corrected chi connectivity index (χ2v) is 7.84. The normalized spacial score (nSPS) is 24.4. The zero-order valence-electron chi connectivity index (χ0n) is 11.7. The maximum absolute atomic E-state index is 12.7. The third-order valence-corrected chi connectivity index (χ3v) is 7.06. The molecule has 0 radical (unpaired) electrons. The van der Waals surface area contributed by atoms with E-state index in [0.717, 1.165) is 38.5 Å². The van der Waals surface area contributed by atoms with Gasteiger partial charge >= 0.3 is 0 Å². The monoisotopic (exact) mass is 308 g/mol. The predicted octanol–water partition coefficient (Wildman–Crippen LogP) is 2.45. The number of halogens is 1. The maximum atomic E-state index is 12.7. The first-order valence-electron chi connectivity index (χ1n) is 7.42. The van der Waals surface area contributed by atoms with Crippen molar-refractivity contribution < 1.29 is 8.42 Å². The minimum absolute atomic E-state index is 0.223. The fourth-order valence-corrected chi connectivity index (χ4v) is 5.44. The van der Waals surface area contributed by atoms with Crippen LogP contribution < -0.4 is 0 Å². The Morgan fingerprint density at radius 1 is 1.16 bits per heavy atom. The van der Waals surface area contributed by atoms with Gasteiger partial charge in [0, 0.05) is 31.6 Å². The van der Waals surface area contributed by atoms with Crippen LogP contribution in [0.4, 0.5) is 0 Å². The second-order valence-electron chi connectivity index (χ2n) is 5.65. The molecular weight excluding hydrogens is 284 g/mol. The smallest absolute Gasteiger partial charge is 0.195 e. The Hall–Kier alpha value is 0.160. The summed E-state index contributed by atoms with van der Waals surface area (Å²) in [5.74, 6) is 1.13. The molecule has 2 rings (SSSR count). The molecule has 1 aliphatic carbocycles. The standard InChI is InChI=1S/C13H25ClN2O2S/c1-2-16(13-5-3-4-6-13)19(17,18)15-9-7-12(11-14)8-10-15/h12-13H,2-11H2,1H3. The summed E-state index contributed by atoms with van der Waals surface area (Å²) < 4.78 is 28.8. The van der Waals surface area contributed by atoms with Crippen LogP contribution in [0.15, 0.2) is 0 Å². The van der Waals surface area contributed by atoms with Crippen LogP contribution in [0.5, 0.6) is 0 Å². The molecule has 1 heterocycles. The van der Waals surface area contributed by atoms with E-state index in [1.165, 1.54) is 0 Å². The van der Waals surface area contributed by atoms with Crippen molar-refractivity contribution in [1.82, 2.24) is 8.61 Å². The van der Waals surface area contributed by atoms with Crippen LogP contribution in [0, 0.1) is 5.92 Å². The van der Waals surface area contributed by atoms with Crippen molar-refractivity contribution in [3.63, 3.8) is 0 Å². The molecule has 1 saturated heterocycles. The summed E-state index contributed by atoms with van der Waals surface area (Å²) in [6.45, 7) is 3.79. The zero-order chi connectivity index (χ0) is 13.9. The highest BCUT2D eigenvalue weighted by Gasteiger charge is 2.36. The van der Waals surface area contributed by atoms with E-state index in [1.807, 2.05) is 6.92 Å². The van der Waals surface area contributed by atoms with Crippen molar-refractivity contribution in [3.05, 3.63) is 0 Å². The van der Waals surface area contributed by atoms with Crippen molar-refractivity contribution in [2.45, 2.75) is 51.5 Å². The molecule has 0 N–H and O–H groups in total. The maximum Gasteiger partial charge on any atom is 0.282 e. The van der Waals surface area contributed by atoms with Crippen molar-refractivity contribution in [2.24, 2.45) is 5.92 Å². The molecule has 0 aromatic carbocycles. The number of hydrogen-bond donors (Lipinski definition) is 0. The predicted molar refractivity (Wildman–Crippen MR) is 78.6 cm³/mol. The van der Waals surface area contributed by atoms with Gasteiger partial charge in [-0.3, -0.25) is 0 Å². The average Bonchev–Trinajstić information content (AvgIpc) is 2.93. The first-order valence-corrected chi connectivity index (χ1v) is 9.35. The van der Waals surface area contributed by atoms with E-state index in [1.54, 1.807) is 8.61 Å². The van der Waals surface area contributed by atoms with E-state index in [0.29, 0.717) is 31.4 Å². The van der Waals surface area contributed by atoms with Gasteiger partial charge in [0.05, 0.1) is 0 Å². The van der Waals surface area contributed by atoms with E-state index in [-0.39, 0.29) is 6.04 Å². The molecule has 19 heavy (non-hydrogen) atoms. The number of rotatable bonds is 5. The zero-order valence-corrected chi connectivity index (χ0v) is 13.3. The molecule has 0 amide bonds. The Morgan fingerprint density at radius 3 is 2.21 bits per heavy atom. The van der Waals surface area contributed by atoms with Gasteiger partial charge in [-0.05, 0) is 31.6 Å². The Labute approximate surface area is 122 Å². The number of alkyl halides is 1. The fourth-order valence-electron chi connectivity index (χ4n) is 3.24. The van der Waals surface area contributed by atoms with Crippen LogP contribution >= 0.6 is 11.6 Å². The minimum atomic E-state index is -3.27. The van der Waals surface area contributed by atoms with E-state index in [4.69, 9.17) is 11.6 Å². The lowest BCUT2D eigenvalue weighted by atomic mass is 10.0. The van der Waals surface area contributed by atoms with Crippen molar-refractivity contribution in [2.75, 3.05) is 25.5 Å². The molecule has 1 saturated carbocycles. The molecule has 0 aromatic rings. The molecule has 0 atom stereocenters. The highest BCUT2D eigenvalue weighted by atomic mass is 35.5. The van der Waals surface area contributed by atoms with Crippen LogP contribution in [-0.2, 0) is 10.2 Å². The molecule has 2 fully saturated rings. The molecule has 0 unspecified atom stereocenters. The van der Waals surface area contributed by atoms with Gasteiger partial charge < -0.3 is 0 Å². The first kappa shape index (κ1) is 15.5. The van der Waals surface area contributed by atoms with Crippen LogP contribution in [0.1, 0.15) is 45.4 Å². The number of hydrogen-bond acceptors (Lipinski definition) is 2. The van der Waals surface area contributed by atoms with E-state index in [2.05, 4.69) is 0 Å². The summed E-state index contributed by atoms with van der Waals surface area (Å²) in [6, 6.07) is 0.223. The summed E-state index contributed by atoms with van der Waals surface area (Å²) in [7, 11) is -3.27. The second kappa shape index (κ2) is 6.74. The Morgan fingerprint density at radius 2 is 1.74 bits per heavy atom. The summed E-state index contributed by atoms with van der Waals surface area (Å²) in [5.41, 5.74) is 0. The highest BCUT2D eigenvalue weighted by Crippen LogP contribution is 2.29. The van der Waals surface area contributed by atoms with Gasteiger partial charge in [-0.1, -0.05) is 19.8 Å². The van der Waals surface area contributed by atoms with E-state index < -0.39 is 10.2 Å². The molecular formula is C13H25ClN2O2S. The van der Waals surface area contributed by atoms with Crippen LogP contribution in [0.25, 0.3) is 0 Å². The van der Waals surface area contributed by atoms with Gasteiger partial charge in [-0.25, -0.2) is 0 Å². The lowest BCUT2D eigenvalue weighted by Crippen LogP contribution is -2.50. The van der Waals surface area contributed by atoms with Crippen LogP contribution in [-0.4, -0.2) is 48.6 Å². The van der Waals surface area contributed by atoms with Crippen molar-refractivity contribution in [3.8, 4) is 0 Å². The molecule has 1 aliphatic heterocycles. The van der Waals surface area contributed by atoms with Gasteiger partial charge in [0.1, 0.15) is 0 Å². The van der Waals surface area contributed by atoms with Gasteiger partial charge in [0.25, 0.3) is 10.2 Å². The third kappa shape index (κ3) is 3.43. The van der Waals surface area contributed by atoms with Gasteiger partial charge in [0.2, 0.25) is 0 Å². The van der Waals surface area contributed by atoms with E-state index in [9.17, 15) is 8.42 Å². The van der Waals surface area contributed by atoms with Gasteiger partial charge in [-0.2, -0.15) is 17.0 Å². The molecule has 4 nitrogen and oxygen atoms in total. The SMILES string of the molecule is CCN(C1CCCC1)S(=O)(=O)N1CCC(CCl)CC1. The lowest BCUT2D eigenvalue weighted by Gasteiger charge is -2.36. The molecule has 0 aromatic heterocycles. The number of piperidine rings is 1. The quantitative estimate of drug-likeness (QED) is 0.732. The summed E-state index contributed by atoms with van der Waals surface area (Å²) in [6.07, 6.45) is 6.14. The van der Waals surface area contributed by atoms with Crippen molar-refractivity contribution >= 4 is 21.8 Å². The average molecular weight is 309 g/mol. The molecule has 0 spiro atoms. The highest BCUT2D eigenvalue weighted by molar-refractivity contribution is 7.86. The van der Waals surface area contributed by atoms with Gasteiger partial charge in [-0.15, -0.1) is 11.6 Å². The largest absolute Gasteiger partial charge is 0.282 e. The summed E-state index contributed by atoms with van der Waals surface area (Å²) in [5, 5.41) is 0. The summed E-state index contributed by atoms with van der Waals surface area (Å²) >= 11 is 5.86. The Balaban J connectivity index is 2.03. The van der Waals surface area contributed by atoms with Crippen LogP contribution in [0.2, 0.25) is 0 Å². The molecule has 2 aliphatic rings. The number of nitrogens with zero attached hydrogens (tertiary/aromatic N) is 2. The van der Waals surface area contributed by atoms with Gasteiger partial charge in [0.15, 0.2) is 0 Å².